The molecule has 5 heteroatoms. The molecule has 1 heterocycles. The SMILES string of the molecule is CN=C(NCCCCC(C)C)NCCCOCC1CCOCC1. The lowest BCUT2D eigenvalue weighted by Crippen LogP contribution is -2.38. The minimum atomic E-state index is 0.692. The van der Waals surface area contributed by atoms with Crippen LogP contribution in [-0.2, 0) is 9.47 Å². The Bertz CT molecular complexity index is 303. The molecule has 1 aliphatic heterocycles. The van der Waals surface area contributed by atoms with Crippen molar-refractivity contribution < 1.29 is 9.47 Å². The number of rotatable bonds is 11. The van der Waals surface area contributed by atoms with Crippen molar-refractivity contribution in [1.29, 1.82) is 0 Å². The summed E-state index contributed by atoms with van der Waals surface area (Å²) in [6, 6.07) is 0. The first-order valence-corrected chi connectivity index (χ1v) is 9.32. The van der Waals surface area contributed by atoms with Crippen LogP contribution in [-0.4, -0.2) is 52.5 Å². The van der Waals surface area contributed by atoms with Gasteiger partial charge < -0.3 is 20.1 Å². The molecule has 0 bridgehead atoms. The van der Waals surface area contributed by atoms with Crippen LogP contribution in [0, 0.1) is 11.8 Å². The van der Waals surface area contributed by atoms with Crippen LogP contribution in [0.5, 0.6) is 0 Å². The summed E-state index contributed by atoms with van der Waals surface area (Å²) in [5.74, 6) is 2.39. The zero-order chi connectivity index (χ0) is 16.8. The highest BCUT2D eigenvalue weighted by molar-refractivity contribution is 5.79. The Morgan fingerprint density at radius 1 is 1.13 bits per heavy atom. The minimum Gasteiger partial charge on any atom is -0.381 e. The van der Waals surface area contributed by atoms with E-state index in [9.17, 15) is 0 Å². The third-order valence-corrected chi connectivity index (χ3v) is 4.18. The summed E-state index contributed by atoms with van der Waals surface area (Å²) in [5.41, 5.74) is 0. The lowest BCUT2D eigenvalue weighted by atomic mass is 10.0. The molecule has 0 aliphatic carbocycles. The molecule has 0 spiro atoms. The molecule has 2 N–H and O–H groups in total. The van der Waals surface area contributed by atoms with Crippen LogP contribution in [0.4, 0.5) is 0 Å². The van der Waals surface area contributed by atoms with Crippen molar-refractivity contribution in [3.63, 3.8) is 0 Å². The molecule has 1 fully saturated rings. The van der Waals surface area contributed by atoms with E-state index in [1.165, 1.54) is 19.3 Å². The number of ether oxygens (including phenoxy) is 2. The second-order valence-electron chi connectivity index (χ2n) is 6.80. The molecular weight excluding hydrogens is 290 g/mol. The summed E-state index contributed by atoms with van der Waals surface area (Å²) < 4.78 is 11.1. The second-order valence-corrected chi connectivity index (χ2v) is 6.80. The fourth-order valence-corrected chi connectivity index (χ4v) is 2.65. The molecule has 1 rings (SSSR count). The lowest BCUT2D eigenvalue weighted by molar-refractivity contribution is 0.0203. The largest absolute Gasteiger partial charge is 0.381 e. The quantitative estimate of drug-likeness (QED) is 0.348. The van der Waals surface area contributed by atoms with Gasteiger partial charge in [0.2, 0.25) is 0 Å². The molecule has 0 aromatic carbocycles. The third kappa shape index (κ3) is 11.4. The van der Waals surface area contributed by atoms with E-state index in [2.05, 4.69) is 29.5 Å². The molecule has 5 nitrogen and oxygen atoms in total. The van der Waals surface area contributed by atoms with Gasteiger partial charge in [0, 0.05) is 46.6 Å². The fraction of sp³-hybridized carbons (Fsp3) is 0.944. The molecule has 0 aromatic heterocycles. The minimum absolute atomic E-state index is 0.692. The van der Waals surface area contributed by atoms with Gasteiger partial charge in [-0.1, -0.05) is 26.7 Å². The van der Waals surface area contributed by atoms with Crippen LogP contribution in [0.25, 0.3) is 0 Å². The Balaban J connectivity index is 1.91. The van der Waals surface area contributed by atoms with Gasteiger partial charge in [-0.3, -0.25) is 4.99 Å². The molecule has 0 atom stereocenters. The molecule has 0 aromatic rings. The average Bonchev–Trinajstić information content (AvgIpc) is 2.56. The molecule has 0 amide bonds. The van der Waals surface area contributed by atoms with Crippen LogP contribution in [0.15, 0.2) is 4.99 Å². The Kier molecular flexibility index (Phi) is 12.0. The van der Waals surface area contributed by atoms with Gasteiger partial charge in [-0.05, 0) is 37.5 Å². The highest BCUT2D eigenvalue weighted by atomic mass is 16.5. The van der Waals surface area contributed by atoms with Gasteiger partial charge in [-0.15, -0.1) is 0 Å². The van der Waals surface area contributed by atoms with Crippen molar-refractivity contribution in [2.75, 3.05) is 46.6 Å². The standard InChI is InChI=1S/C18H37N3O2/c1-16(2)7-4-5-10-20-18(19-3)21-11-6-12-23-15-17-8-13-22-14-9-17/h16-17H,4-15H2,1-3H3,(H2,19,20,21). The van der Waals surface area contributed by atoms with Gasteiger partial charge in [0.05, 0.1) is 0 Å². The molecule has 1 aliphatic rings. The van der Waals surface area contributed by atoms with E-state index in [1.54, 1.807) is 0 Å². The van der Waals surface area contributed by atoms with Gasteiger partial charge in [-0.25, -0.2) is 0 Å². The number of nitrogens with one attached hydrogen (secondary N) is 2. The predicted octanol–water partition coefficient (Wildman–Crippen LogP) is 2.81. The first-order chi connectivity index (χ1) is 11.2. The van der Waals surface area contributed by atoms with Gasteiger partial charge in [0.15, 0.2) is 5.96 Å². The van der Waals surface area contributed by atoms with Crippen molar-refractivity contribution in [3.05, 3.63) is 0 Å². The fourth-order valence-electron chi connectivity index (χ4n) is 2.65. The van der Waals surface area contributed by atoms with Gasteiger partial charge in [0.1, 0.15) is 0 Å². The maximum Gasteiger partial charge on any atom is 0.190 e. The van der Waals surface area contributed by atoms with Crippen molar-refractivity contribution >= 4 is 5.96 Å². The highest BCUT2D eigenvalue weighted by Gasteiger charge is 2.13. The third-order valence-electron chi connectivity index (χ3n) is 4.18. The molecule has 0 saturated carbocycles. The Morgan fingerprint density at radius 2 is 1.83 bits per heavy atom. The number of aliphatic imine (C=N–C) groups is 1. The highest BCUT2D eigenvalue weighted by Crippen LogP contribution is 2.14. The maximum atomic E-state index is 5.77. The van der Waals surface area contributed by atoms with E-state index in [0.717, 1.165) is 70.7 Å². The monoisotopic (exact) mass is 327 g/mol. The molecule has 0 radical (unpaired) electrons. The molecular formula is C18H37N3O2. The summed E-state index contributed by atoms with van der Waals surface area (Å²) >= 11 is 0. The normalized spacial score (nSPS) is 16.8. The smallest absolute Gasteiger partial charge is 0.190 e. The van der Waals surface area contributed by atoms with Crippen molar-refractivity contribution in [3.8, 4) is 0 Å². The Hall–Kier alpha value is -0.810. The molecule has 136 valence electrons. The predicted molar refractivity (Wildman–Crippen MR) is 97.0 cm³/mol. The molecule has 1 saturated heterocycles. The maximum absolute atomic E-state index is 5.77. The second kappa shape index (κ2) is 13.6. The van der Waals surface area contributed by atoms with Crippen molar-refractivity contribution in [1.82, 2.24) is 10.6 Å². The van der Waals surface area contributed by atoms with Gasteiger partial charge in [0.25, 0.3) is 0 Å². The molecule has 0 unspecified atom stereocenters. The van der Waals surface area contributed by atoms with Gasteiger partial charge >= 0.3 is 0 Å². The molecule has 23 heavy (non-hydrogen) atoms. The number of guanidine groups is 1. The average molecular weight is 328 g/mol. The number of hydrogen-bond donors (Lipinski definition) is 2. The van der Waals surface area contributed by atoms with E-state index in [1.807, 2.05) is 7.05 Å². The van der Waals surface area contributed by atoms with Crippen LogP contribution in [0.3, 0.4) is 0 Å². The van der Waals surface area contributed by atoms with Crippen LogP contribution in [0.2, 0.25) is 0 Å². The summed E-state index contributed by atoms with van der Waals surface area (Å²) in [5, 5.41) is 6.72. The summed E-state index contributed by atoms with van der Waals surface area (Å²) in [7, 11) is 1.82. The first-order valence-electron chi connectivity index (χ1n) is 9.32. The summed E-state index contributed by atoms with van der Waals surface area (Å²) in [6.07, 6.45) is 7.08. The van der Waals surface area contributed by atoms with E-state index in [4.69, 9.17) is 9.47 Å². The van der Waals surface area contributed by atoms with Gasteiger partial charge in [-0.2, -0.15) is 0 Å². The number of hydrogen-bond acceptors (Lipinski definition) is 3. The van der Waals surface area contributed by atoms with E-state index in [-0.39, 0.29) is 0 Å². The summed E-state index contributed by atoms with van der Waals surface area (Å²) in [4.78, 5) is 4.25. The number of nitrogens with zero attached hydrogens (tertiary/aromatic N) is 1. The topological polar surface area (TPSA) is 54.9 Å². The summed E-state index contributed by atoms with van der Waals surface area (Å²) in [6.45, 7) is 9.94. The lowest BCUT2D eigenvalue weighted by Gasteiger charge is -2.21. The van der Waals surface area contributed by atoms with E-state index >= 15 is 0 Å². The van der Waals surface area contributed by atoms with Crippen LogP contribution < -0.4 is 10.6 Å². The van der Waals surface area contributed by atoms with Crippen molar-refractivity contribution in [2.45, 2.75) is 52.4 Å². The Labute approximate surface area is 142 Å². The van der Waals surface area contributed by atoms with Crippen molar-refractivity contribution in [2.24, 2.45) is 16.8 Å². The first kappa shape index (κ1) is 20.2. The number of unbranched alkanes of at least 4 members (excludes halogenated alkanes) is 1. The van der Waals surface area contributed by atoms with Crippen LogP contribution >= 0.6 is 0 Å². The van der Waals surface area contributed by atoms with E-state index < -0.39 is 0 Å². The Morgan fingerprint density at radius 3 is 2.48 bits per heavy atom. The zero-order valence-corrected chi connectivity index (χ0v) is 15.4. The van der Waals surface area contributed by atoms with Crippen LogP contribution in [0.1, 0.15) is 52.4 Å². The van der Waals surface area contributed by atoms with E-state index in [0.29, 0.717) is 5.92 Å². The zero-order valence-electron chi connectivity index (χ0n) is 15.4.